The molecule has 2 heterocycles. The fourth-order valence-electron chi connectivity index (χ4n) is 1.87. The van der Waals surface area contributed by atoms with Crippen molar-refractivity contribution in [3.05, 3.63) is 34.8 Å². The minimum atomic E-state index is 0.555. The molecule has 2 aromatic heterocycles. The lowest BCUT2D eigenvalue weighted by molar-refractivity contribution is 0.782. The number of thiophene rings is 1. The standard InChI is InChI=1S/C12H10BrN3S/c1-16-9(6-11(14)15-16)10-5-7-3-2-4-8(13)12(7)17-10/h2-6H,1H3,(H2,14,15). The highest BCUT2D eigenvalue weighted by molar-refractivity contribution is 9.10. The lowest BCUT2D eigenvalue weighted by Crippen LogP contribution is -1.93. The van der Waals surface area contributed by atoms with E-state index in [-0.39, 0.29) is 0 Å². The highest BCUT2D eigenvalue weighted by Crippen LogP contribution is 2.37. The maximum absolute atomic E-state index is 5.70. The van der Waals surface area contributed by atoms with E-state index in [1.807, 2.05) is 23.9 Å². The SMILES string of the molecule is Cn1nc(N)cc1-c1cc2cccc(Br)c2s1. The minimum absolute atomic E-state index is 0.555. The summed E-state index contributed by atoms with van der Waals surface area (Å²) in [5.74, 6) is 0.555. The van der Waals surface area contributed by atoms with E-state index >= 15 is 0 Å². The average Bonchev–Trinajstić information content (AvgIpc) is 2.82. The number of hydrogen-bond acceptors (Lipinski definition) is 3. The number of benzene rings is 1. The second kappa shape index (κ2) is 3.85. The molecule has 0 saturated heterocycles. The van der Waals surface area contributed by atoms with Crippen molar-refractivity contribution in [1.29, 1.82) is 0 Å². The molecule has 0 spiro atoms. The number of rotatable bonds is 1. The molecule has 5 heteroatoms. The highest BCUT2D eigenvalue weighted by atomic mass is 79.9. The molecule has 1 aromatic carbocycles. The van der Waals surface area contributed by atoms with Gasteiger partial charge in [-0.3, -0.25) is 4.68 Å². The van der Waals surface area contributed by atoms with Crippen molar-refractivity contribution < 1.29 is 0 Å². The third-order valence-electron chi connectivity index (χ3n) is 2.65. The van der Waals surface area contributed by atoms with Crippen LogP contribution in [-0.2, 0) is 7.05 Å². The molecule has 0 saturated carbocycles. The second-order valence-electron chi connectivity index (χ2n) is 3.85. The highest BCUT2D eigenvalue weighted by Gasteiger charge is 2.10. The van der Waals surface area contributed by atoms with Crippen LogP contribution in [0, 0.1) is 0 Å². The number of aryl methyl sites for hydroxylation is 1. The molecule has 3 rings (SSSR count). The fourth-order valence-corrected chi connectivity index (χ4v) is 3.61. The van der Waals surface area contributed by atoms with Gasteiger partial charge in [0.15, 0.2) is 0 Å². The van der Waals surface area contributed by atoms with Gasteiger partial charge in [0.1, 0.15) is 5.82 Å². The number of nitrogen functional groups attached to an aromatic ring is 1. The summed E-state index contributed by atoms with van der Waals surface area (Å²) in [4.78, 5) is 1.18. The molecule has 17 heavy (non-hydrogen) atoms. The number of nitrogens with zero attached hydrogens (tertiary/aromatic N) is 2. The maximum Gasteiger partial charge on any atom is 0.146 e. The Bertz CT molecular complexity index is 699. The van der Waals surface area contributed by atoms with Gasteiger partial charge in [-0.05, 0) is 33.4 Å². The van der Waals surface area contributed by atoms with E-state index < -0.39 is 0 Å². The first-order chi connectivity index (χ1) is 8.15. The maximum atomic E-state index is 5.70. The molecule has 0 unspecified atom stereocenters. The molecule has 0 aliphatic heterocycles. The molecule has 0 bridgehead atoms. The summed E-state index contributed by atoms with van der Waals surface area (Å²) >= 11 is 5.31. The van der Waals surface area contributed by atoms with E-state index in [9.17, 15) is 0 Å². The molecule has 3 nitrogen and oxygen atoms in total. The Labute approximate surface area is 111 Å². The first-order valence-electron chi connectivity index (χ1n) is 5.13. The normalized spacial score (nSPS) is 11.2. The molecule has 0 atom stereocenters. The Balaban J connectivity index is 2.25. The summed E-state index contributed by atoms with van der Waals surface area (Å²) in [6.07, 6.45) is 0. The van der Waals surface area contributed by atoms with Gasteiger partial charge >= 0.3 is 0 Å². The van der Waals surface area contributed by atoms with Gasteiger partial charge in [-0.15, -0.1) is 11.3 Å². The topological polar surface area (TPSA) is 43.8 Å². The van der Waals surface area contributed by atoms with Crippen LogP contribution in [0.1, 0.15) is 0 Å². The third kappa shape index (κ3) is 1.75. The van der Waals surface area contributed by atoms with E-state index in [4.69, 9.17) is 5.73 Å². The van der Waals surface area contributed by atoms with Crippen LogP contribution in [0.5, 0.6) is 0 Å². The van der Waals surface area contributed by atoms with Crippen molar-refractivity contribution in [2.45, 2.75) is 0 Å². The molecule has 0 aliphatic rings. The van der Waals surface area contributed by atoms with Crippen LogP contribution < -0.4 is 5.73 Å². The Morgan fingerprint density at radius 3 is 2.82 bits per heavy atom. The summed E-state index contributed by atoms with van der Waals surface area (Å²) in [5, 5.41) is 5.40. The van der Waals surface area contributed by atoms with E-state index in [1.165, 1.54) is 15.0 Å². The molecular formula is C12H10BrN3S. The summed E-state index contributed by atoms with van der Waals surface area (Å²) in [5.41, 5.74) is 6.76. The number of fused-ring (bicyclic) bond motifs is 1. The monoisotopic (exact) mass is 307 g/mol. The summed E-state index contributed by atoms with van der Waals surface area (Å²) < 4.78 is 4.19. The zero-order chi connectivity index (χ0) is 12.0. The Hall–Kier alpha value is -1.33. The quantitative estimate of drug-likeness (QED) is 0.746. The zero-order valence-corrected chi connectivity index (χ0v) is 11.5. The zero-order valence-electron chi connectivity index (χ0n) is 9.14. The van der Waals surface area contributed by atoms with E-state index in [1.54, 1.807) is 11.3 Å². The number of aromatic nitrogens is 2. The van der Waals surface area contributed by atoms with E-state index in [2.05, 4.69) is 39.2 Å². The predicted octanol–water partition coefficient (Wildman–Crippen LogP) is 3.65. The van der Waals surface area contributed by atoms with Crippen LogP contribution in [0.4, 0.5) is 5.82 Å². The van der Waals surface area contributed by atoms with Gasteiger partial charge < -0.3 is 5.73 Å². The summed E-state index contributed by atoms with van der Waals surface area (Å²) in [6, 6.07) is 10.3. The smallest absolute Gasteiger partial charge is 0.146 e. The van der Waals surface area contributed by atoms with Crippen molar-refractivity contribution >= 4 is 43.2 Å². The predicted molar refractivity (Wildman–Crippen MR) is 76.1 cm³/mol. The van der Waals surface area contributed by atoms with E-state index in [0.717, 1.165) is 10.2 Å². The Morgan fingerprint density at radius 1 is 1.35 bits per heavy atom. The van der Waals surface area contributed by atoms with Crippen molar-refractivity contribution in [3.8, 4) is 10.6 Å². The Morgan fingerprint density at radius 2 is 2.18 bits per heavy atom. The van der Waals surface area contributed by atoms with Gasteiger partial charge in [0.2, 0.25) is 0 Å². The number of halogens is 1. The first-order valence-corrected chi connectivity index (χ1v) is 6.74. The molecule has 2 N–H and O–H groups in total. The van der Waals surface area contributed by atoms with Gasteiger partial charge in [0, 0.05) is 22.3 Å². The van der Waals surface area contributed by atoms with Crippen LogP contribution in [0.25, 0.3) is 20.7 Å². The summed E-state index contributed by atoms with van der Waals surface area (Å²) in [6.45, 7) is 0. The minimum Gasteiger partial charge on any atom is -0.382 e. The van der Waals surface area contributed by atoms with Gasteiger partial charge in [-0.25, -0.2) is 0 Å². The molecule has 0 radical (unpaired) electrons. The van der Waals surface area contributed by atoms with Gasteiger partial charge in [0.25, 0.3) is 0 Å². The van der Waals surface area contributed by atoms with Crippen LogP contribution >= 0.6 is 27.3 Å². The lowest BCUT2D eigenvalue weighted by Gasteiger charge is -1.95. The average molecular weight is 308 g/mol. The van der Waals surface area contributed by atoms with Crippen LogP contribution in [-0.4, -0.2) is 9.78 Å². The fraction of sp³-hybridized carbons (Fsp3) is 0.0833. The summed E-state index contributed by atoms with van der Waals surface area (Å²) in [7, 11) is 1.91. The van der Waals surface area contributed by atoms with Crippen LogP contribution in [0.15, 0.2) is 34.8 Å². The number of nitrogens with two attached hydrogens (primary N) is 1. The van der Waals surface area contributed by atoms with E-state index in [0.29, 0.717) is 5.82 Å². The van der Waals surface area contributed by atoms with Gasteiger partial charge in [-0.2, -0.15) is 5.10 Å². The molecule has 0 aliphatic carbocycles. The second-order valence-corrected chi connectivity index (χ2v) is 5.75. The first kappa shape index (κ1) is 10.8. The molecule has 3 aromatic rings. The van der Waals surface area contributed by atoms with Crippen molar-refractivity contribution in [2.75, 3.05) is 5.73 Å². The van der Waals surface area contributed by atoms with Crippen LogP contribution in [0.3, 0.4) is 0 Å². The molecule has 0 fully saturated rings. The van der Waals surface area contributed by atoms with Gasteiger partial charge in [-0.1, -0.05) is 12.1 Å². The van der Waals surface area contributed by atoms with Gasteiger partial charge in [0.05, 0.1) is 10.6 Å². The van der Waals surface area contributed by atoms with Crippen molar-refractivity contribution in [1.82, 2.24) is 9.78 Å². The molecular weight excluding hydrogens is 298 g/mol. The number of anilines is 1. The van der Waals surface area contributed by atoms with Crippen molar-refractivity contribution in [3.63, 3.8) is 0 Å². The molecule has 0 amide bonds. The largest absolute Gasteiger partial charge is 0.382 e. The lowest BCUT2D eigenvalue weighted by atomic mass is 10.2. The Kier molecular flexibility index (Phi) is 2.45. The number of hydrogen-bond donors (Lipinski definition) is 1. The van der Waals surface area contributed by atoms with Crippen molar-refractivity contribution in [2.24, 2.45) is 7.05 Å². The third-order valence-corrected chi connectivity index (χ3v) is 4.78. The van der Waals surface area contributed by atoms with Crippen LogP contribution in [0.2, 0.25) is 0 Å². The molecule has 86 valence electrons.